The van der Waals surface area contributed by atoms with Crippen molar-refractivity contribution in [1.82, 2.24) is 4.98 Å². The highest BCUT2D eigenvalue weighted by Crippen LogP contribution is 2.30. The monoisotopic (exact) mass is 319 g/mol. The van der Waals surface area contributed by atoms with Crippen molar-refractivity contribution in [3.05, 3.63) is 52.6 Å². The fourth-order valence-corrected chi connectivity index (χ4v) is 2.62. The van der Waals surface area contributed by atoms with Crippen LogP contribution in [0.2, 0.25) is 0 Å². The zero-order chi connectivity index (χ0) is 13.7. The molecule has 19 heavy (non-hydrogen) atoms. The van der Waals surface area contributed by atoms with Crippen LogP contribution in [0.15, 0.2) is 47.1 Å². The predicted octanol–water partition coefficient (Wildman–Crippen LogP) is 3.64. The van der Waals surface area contributed by atoms with Crippen LogP contribution < -0.4 is 10.6 Å². The molecule has 2 N–H and O–H groups in total. The van der Waals surface area contributed by atoms with Crippen LogP contribution in [0, 0.1) is 6.92 Å². The summed E-state index contributed by atoms with van der Waals surface area (Å²) in [5.41, 5.74) is 7.91. The van der Waals surface area contributed by atoms with Crippen molar-refractivity contribution >= 4 is 27.4 Å². The number of hydrogen-bond acceptors (Lipinski definition) is 3. The van der Waals surface area contributed by atoms with Crippen molar-refractivity contribution in [2.24, 2.45) is 5.73 Å². The Labute approximate surface area is 122 Å². The van der Waals surface area contributed by atoms with Gasteiger partial charge >= 0.3 is 0 Å². The molecule has 0 amide bonds. The number of nitrogens with two attached hydrogens (primary N) is 1. The Morgan fingerprint density at radius 2 is 2.00 bits per heavy atom. The number of benzene rings is 1. The number of pyridine rings is 1. The molecule has 1 heterocycles. The molecule has 0 aliphatic carbocycles. The first-order valence-corrected chi connectivity index (χ1v) is 7.16. The molecule has 2 aromatic rings. The molecule has 0 spiro atoms. The first kappa shape index (κ1) is 14.0. The number of anilines is 2. The number of rotatable bonds is 5. The molecule has 0 unspecified atom stereocenters. The molecule has 0 saturated heterocycles. The lowest BCUT2D eigenvalue weighted by atomic mass is 10.2. The van der Waals surface area contributed by atoms with Gasteiger partial charge in [-0.05, 0) is 59.6 Å². The third-order valence-corrected chi connectivity index (χ3v) is 3.45. The van der Waals surface area contributed by atoms with Gasteiger partial charge in [-0.2, -0.15) is 0 Å². The van der Waals surface area contributed by atoms with E-state index in [-0.39, 0.29) is 0 Å². The SMILES string of the molecule is Cc1cnc(N(CCCN)c2ccccc2)c(Br)c1. The molecule has 0 bridgehead atoms. The van der Waals surface area contributed by atoms with Crippen molar-refractivity contribution in [2.45, 2.75) is 13.3 Å². The molecule has 0 radical (unpaired) electrons. The lowest BCUT2D eigenvalue weighted by Gasteiger charge is -2.25. The normalized spacial score (nSPS) is 10.5. The third kappa shape index (κ3) is 3.55. The van der Waals surface area contributed by atoms with Gasteiger partial charge in [0.25, 0.3) is 0 Å². The number of para-hydroxylation sites is 1. The minimum atomic E-state index is 0.673. The molecule has 1 aromatic heterocycles. The van der Waals surface area contributed by atoms with Gasteiger partial charge in [-0.3, -0.25) is 0 Å². The molecule has 0 aliphatic heterocycles. The maximum absolute atomic E-state index is 5.64. The molecule has 0 fully saturated rings. The van der Waals surface area contributed by atoms with Gasteiger partial charge in [0.1, 0.15) is 5.82 Å². The van der Waals surface area contributed by atoms with Crippen LogP contribution >= 0.6 is 15.9 Å². The summed E-state index contributed by atoms with van der Waals surface area (Å²) in [7, 11) is 0. The van der Waals surface area contributed by atoms with Crippen molar-refractivity contribution in [2.75, 3.05) is 18.0 Å². The van der Waals surface area contributed by atoms with Crippen molar-refractivity contribution in [1.29, 1.82) is 0 Å². The zero-order valence-corrected chi connectivity index (χ0v) is 12.6. The molecule has 100 valence electrons. The van der Waals surface area contributed by atoms with Gasteiger partial charge < -0.3 is 10.6 Å². The molecule has 0 atom stereocenters. The summed E-state index contributed by atoms with van der Waals surface area (Å²) >= 11 is 3.60. The van der Waals surface area contributed by atoms with Crippen molar-refractivity contribution < 1.29 is 0 Å². The maximum Gasteiger partial charge on any atom is 0.147 e. The van der Waals surface area contributed by atoms with E-state index in [1.807, 2.05) is 31.3 Å². The quantitative estimate of drug-likeness (QED) is 0.914. The second-order valence-corrected chi connectivity index (χ2v) is 5.30. The van der Waals surface area contributed by atoms with E-state index in [0.717, 1.165) is 34.5 Å². The van der Waals surface area contributed by atoms with E-state index >= 15 is 0 Å². The standard InChI is InChI=1S/C15H18BrN3/c1-12-10-14(16)15(18-11-12)19(9-5-8-17)13-6-3-2-4-7-13/h2-4,6-7,10-11H,5,8-9,17H2,1H3. The van der Waals surface area contributed by atoms with Gasteiger partial charge in [-0.15, -0.1) is 0 Å². The smallest absolute Gasteiger partial charge is 0.147 e. The van der Waals surface area contributed by atoms with E-state index in [1.54, 1.807) is 0 Å². The highest BCUT2D eigenvalue weighted by atomic mass is 79.9. The third-order valence-electron chi connectivity index (χ3n) is 2.87. The highest BCUT2D eigenvalue weighted by molar-refractivity contribution is 9.10. The van der Waals surface area contributed by atoms with Gasteiger partial charge in [0.15, 0.2) is 0 Å². The van der Waals surface area contributed by atoms with Gasteiger partial charge in [0.2, 0.25) is 0 Å². The van der Waals surface area contributed by atoms with E-state index in [0.29, 0.717) is 6.54 Å². The summed E-state index contributed by atoms with van der Waals surface area (Å²) < 4.78 is 1.01. The van der Waals surface area contributed by atoms with Gasteiger partial charge in [0, 0.05) is 18.4 Å². The van der Waals surface area contributed by atoms with Crippen molar-refractivity contribution in [3.63, 3.8) is 0 Å². The minimum Gasteiger partial charge on any atom is -0.330 e. The van der Waals surface area contributed by atoms with Crippen LogP contribution in [0.5, 0.6) is 0 Å². The number of aryl methyl sites for hydroxylation is 1. The Kier molecular flexibility index (Phi) is 4.93. The Balaban J connectivity index is 2.37. The molecule has 3 nitrogen and oxygen atoms in total. The van der Waals surface area contributed by atoms with Crippen LogP contribution in [0.1, 0.15) is 12.0 Å². The van der Waals surface area contributed by atoms with E-state index in [9.17, 15) is 0 Å². The van der Waals surface area contributed by atoms with Gasteiger partial charge in [-0.1, -0.05) is 18.2 Å². The summed E-state index contributed by atoms with van der Waals surface area (Å²) in [6, 6.07) is 12.3. The summed E-state index contributed by atoms with van der Waals surface area (Å²) in [6.45, 7) is 3.57. The fourth-order valence-electron chi connectivity index (χ4n) is 1.94. The number of hydrogen-bond donors (Lipinski definition) is 1. The molecule has 2 rings (SSSR count). The van der Waals surface area contributed by atoms with Gasteiger partial charge in [-0.25, -0.2) is 4.98 Å². The lowest BCUT2D eigenvalue weighted by Crippen LogP contribution is -2.22. The van der Waals surface area contributed by atoms with E-state index < -0.39 is 0 Å². The van der Waals surface area contributed by atoms with Crippen LogP contribution in [-0.2, 0) is 0 Å². The Bertz CT molecular complexity index is 528. The average molecular weight is 320 g/mol. The first-order chi connectivity index (χ1) is 9.22. The number of halogens is 1. The molecule has 4 heteroatoms. The predicted molar refractivity (Wildman–Crippen MR) is 83.8 cm³/mol. The average Bonchev–Trinajstić information content (AvgIpc) is 2.42. The molecular formula is C15H18BrN3. The van der Waals surface area contributed by atoms with Crippen LogP contribution in [0.25, 0.3) is 0 Å². The summed E-state index contributed by atoms with van der Waals surface area (Å²) in [6.07, 6.45) is 2.81. The van der Waals surface area contributed by atoms with Crippen molar-refractivity contribution in [3.8, 4) is 0 Å². The second kappa shape index (κ2) is 6.68. The van der Waals surface area contributed by atoms with E-state index in [2.05, 4.69) is 44.0 Å². The van der Waals surface area contributed by atoms with Crippen LogP contribution in [0.3, 0.4) is 0 Å². The highest BCUT2D eigenvalue weighted by Gasteiger charge is 2.13. The molecule has 1 aromatic carbocycles. The first-order valence-electron chi connectivity index (χ1n) is 6.37. The lowest BCUT2D eigenvalue weighted by molar-refractivity contribution is 0.808. The summed E-state index contributed by atoms with van der Waals surface area (Å²) in [4.78, 5) is 6.74. The molecule has 0 aliphatic rings. The maximum atomic E-state index is 5.64. The zero-order valence-electron chi connectivity index (χ0n) is 11.0. The Hall–Kier alpha value is -1.39. The summed E-state index contributed by atoms with van der Waals surface area (Å²) in [5, 5.41) is 0. The fraction of sp³-hybridized carbons (Fsp3) is 0.267. The Morgan fingerprint density at radius 1 is 1.26 bits per heavy atom. The topological polar surface area (TPSA) is 42.2 Å². The van der Waals surface area contributed by atoms with E-state index in [4.69, 9.17) is 5.73 Å². The molecular weight excluding hydrogens is 302 g/mol. The minimum absolute atomic E-state index is 0.673. The summed E-state index contributed by atoms with van der Waals surface area (Å²) in [5.74, 6) is 0.935. The van der Waals surface area contributed by atoms with E-state index in [1.165, 1.54) is 0 Å². The number of nitrogens with zero attached hydrogens (tertiary/aromatic N) is 2. The largest absolute Gasteiger partial charge is 0.330 e. The second-order valence-electron chi connectivity index (χ2n) is 4.45. The number of aromatic nitrogens is 1. The Morgan fingerprint density at radius 3 is 2.63 bits per heavy atom. The van der Waals surface area contributed by atoms with Crippen LogP contribution in [0.4, 0.5) is 11.5 Å². The van der Waals surface area contributed by atoms with Gasteiger partial charge in [0.05, 0.1) is 4.47 Å². The molecule has 0 saturated carbocycles. The van der Waals surface area contributed by atoms with Crippen LogP contribution in [-0.4, -0.2) is 18.1 Å².